The minimum Gasteiger partial charge on any atom is -0.481 e. The van der Waals surface area contributed by atoms with Crippen molar-refractivity contribution < 1.29 is 18.7 Å². The van der Waals surface area contributed by atoms with Crippen LogP contribution in [0, 0.1) is 17.0 Å². The zero-order chi connectivity index (χ0) is 14.9. The molecule has 1 saturated heterocycles. The van der Waals surface area contributed by atoms with Gasteiger partial charge in [0.2, 0.25) is 0 Å². The van der Waals surface area contributed by atoms with Crippen molar-refractivity contribution in [1.82, 2.24) is 4.90 Å². The summed E-state index contributed by atoms with van der Waals surface area (Å²) in [6, 6.07) is 3.77. The largest absolute Gasteiger partial charge is 0.481 e. The molecule has 2 rings (SSSR count). The van der Waals surface area contributed by atoms with Crippen molar-refractivity contribution in [3.05, 3.63) is 35.4 Å². The molecule has 3 nitrogen and oxygen atoms in total. The van der Waals surface area contributed by atoms with E-state index in [1.807, 2.05) is 4.90 Å². The maximum absolute atomic E-state index is 13.8. The van der Waals surface area contributed by atoms with Gasteiger partial charge >= 0.3 is 5.97 Å². The second kappa shape index (κ2) is 5.48. The smallest absolute Gasteiger partial charge is 0.310 e. The molecular formula is C15H19F2NO2. The molecule has 5 heteroatoms. The molecule has 0 radical (unpaired) electrons. The van der Waals surface area contributed by atoms with Crippen LogP contribution in [0.25, 0.3) is 0 Å². The van der Waals surface area contributed by atoms with Crippen LogP contribution in [0.5, 0.6) is 0 Å². The molecule has 1 heterocycles. The van der Waals surface area contributed by atoms with Crippen molar-refractivity contribution in [2.75, 3.05) is 13.1 Å². The molecule has 0 aromatic heterocycles. The Morgan fingerprint density at radius 2 is 2.15 bits per heavy atom. The van der Waals surface area contributed by atoms with Gasteiger partial charge in [-0.1, -0.05) is 12.1 Å². The highest BCUT2D eigenvalue weighted by atomic mass is 19.2. The number of benzene rings is 1. The number of nitrogens with zero attached hydrogens (tertiary/aromatic N) is 1. The third-order valence-electron chi connectivity index (χ3n) is 4.22. The summed E-state index contributed by atoms with van der Waals surface area (Å²) >= 11 is 0. The fourth-order valence-corrected chi connectivity index (χ4v) is 2.82. The maximum Gasteiger partial charge on any atom is 0.310 e. The van der Waals surface area contributed by atoms with Crippen LogP contribution < -0.4 is 0 Å². The number of carboxylic acids is 1. The fraction of sp³-hybridized carbons (Fsp3) is 0.533. The molecule has 0 aliphatic carbocycles. The molecule has 1 aromatic rings. The highest BCUT2D eigenvalue weighted by Crippen LogP contribution is 2.35. The van der Waals surface area contributed by atoms with E-state index >= 15 is 0 Å². The third kappa shape index (κ3) is 2.68. The van der Waals surface area contributed by atoms with Crippen LogP contribution in [0.15, 0.2) is 18.2 Å². The van der Waals surface area contributed by atoms with Gasteiger partial charge in [-0.3, -0.25) is 9.69 Å². The van der Waals surface area contributed by atoms with E-state index < -0.39 is 23.0 Å². The number of carbonyl (C=O) groups is 1. The lowest BCUT2D eigenvalue weighted by Crippen LogP contribution is -2.46. The summed E-state index contributed by atoms with van der Waals surface area (Å²) in [5.74, 6) is -2.55. The normalized spacial score (nSPS) is 25.4. The van der Waals surface area contributed by atoms with Gasteiger partial charge in [0, 0.05) is 18.2 Å². The molecule has 1 aliphatic rings. The summed E-state index contributed by atoms with van der Waals surface area (Å²) in [5.41, 5.74) is -0.546. The predicted molar refractivity (Wildman–Crippen MR) is 71.3 cm³/mol. The topological polar surface area (TPSA) is 40.5 Å². The summed E-state index contributed by atoms with van der Waals surface area (Å²) in [6.45, 7) is 4.53. The summed E-state index contributed by atoms with van der Waals surface area (Å²) in [7, 11) is 0. The molecule has 1 fully saturated rings. The molecule has 2 unspecified atom stereocenters. The van der Waals surface area contributed by atoms with Crippen molar-refractivity contribution in [2.45, 2.75) is 32.7 Å². The SMILES string of the molecule is CC(c1cccc(F)c1F)N1CCCC(C)(C(=O)O)C1. The van der Waals surface area contributed by atoms with Crippen LogP contribution >= 0.6 is 0 Å². The lowest BCUT2D eigenvalue weighted by molar-refractivity contribution is -0.151. The average molecular weight is 283 g/mol. The second-order valence-corrected chi connectivity index (χ2v) is 5.76. The number of rotatable bonds is 3. The van der Waals surface area contributed by atoms with Crippen molar-refractivity contribution in [3.63, 3.8) is 0 Å². The Hall–Kier alpha value is -1.49. The van der Waals surface area contributed by atoms with Gasteiger partial charge in [0.05, 0.1) is 5.41 Å². The molecule has 20 heavy (non-hydrogen) atoms. The number of hydrogen-bond acceptors (Lipinski definition) is 2. The standard InChI is InChI=1S/C15H19F2NO2/c1-10(11-5-3-6-12(16)13(11)17)18-8-4-7-15(2,9-18)14(19)20/h3,5-6,10H,4,7-9H2,1-2H3,(H,19,20). The average Bonchev–Trinajstić information content (AvgIpc) is 2.41. The monoisotopic (exact) mass is 283 g/mol. The number of hydrogen-bond donors (Lipinski definition) is 1. The number of aliphatic carboxylic acids is 1. The molecule has 1 aliphatic heterocycles. The Labute approximate surface area is 117 Å². The lowest BCUT2D eigenvalue weighted by Gasteiger charge is -2.40. The van der Waals surface area contributed by atoms with Crippen molar-refractivity contribution in [2.24, 2.45) is 5.41 Å². The van der Waals surface area contributed by atoms with E-state index in [4.69, 9.17) is 0 Å². The first kappa shape index (κ1) is 14.9. The van der Waals surface area contributed by atoms with Gasteiger partial charge in [0.25, 0.3) is 0 Å². The molecule has 0 bridgehead atoms. The van der Waals surface area contributed by atoms with Gasteiger partial charge < -0.3 is 5.11 Å². The maximum atomic E-state index is 13.8. The van der Waals surface area contributed by atoms with Gasteiger partial charge in [0.1, 0.15) is 0 Å². The molecule has 2 atom stereocenters. The Balaban J connectivity index is 2.23. The molecule has 0 amide bonds. The predicted octanol–water partition coefficient (Wildman–Crippen LogP) is 3.21. The van der Waals surface area contributed by atoms with Gasteiger partial charge in [0.15, 0.2) is 11.6 Å². The van der Waals surface area contributed by atoms with Crippen molar-refractivity contribution >= 4 is 5.97 Å². The lowest BCUT2D eigenvalue weighted by atomic mass is 9.81. The van der Waals surface area contributed by atoms with E-state index in [-0.39, 0.29) is 11.6 Å². The summed E-state index contributed by atoms with van der Waals surface area (Å²) < 4.78 is 27.1. The Bertz CT molecular complexity index is 521. The molecular weight excluding hydrogens is 264 g/mol. The number of carboxylic acid groups (broad SMARTS) is 1. The van der Waals surface area contributed by atoms with Gasteiger partial charge in [-0.05, 0) is 39.3 Å². The molecule has 1 N–H and O–H groups in total. The Morgan fingerprint density at radius 3 is 2.80 bits per heavy atom. The van der Waals surface area contributed by atoms with Crippen molar-refractivity contribution in [3.8, 4) is 0 Å². The minimum atomic E-state index is -0.868. The minimum absolute atomic E-state index is 0.277. The fourth-order valence-electron chi connectivity index (χ4n) is 2.82. The van der Waals surface area contributed by atoms with Gasteiger partial charge in [-0.25, -0.2) is 8.78 Å². The highest BCUT2D eigenvalue weighted by Gasteiger charge is 2.39. The number of piperidine rings is 1. The molecule has 110 valence electrons. The van der Waals surface area contributed by atoms with E-state index in [0.29, 0.717) is 19.5 Å². The second-order valence-electron chi connectivity index (χ2n) is 5.76. The van der Waals surface area contributed by atoms with Crippen LogP contribution in [0.1, 0.15) is 38.3 Å². The zero-order valence-corrected chi connectivity index (χ0v) is 11.7. The van der Waals surface area contributed by atoms with Gasteiger partial charge in [-0.2, -0.15) is 0 Å². The van der Waals surface area contributed by atoms with E-state index in [2.05, 4.69) is 0 Å². The first-order valence-electron chi connectivity index (χ1n) is 6.76. The Kier molecular flexibility index (Phi) is 4.09. The zero-order valence-electron chi connectivity index (χ0n) is 11.7. The highest BCUT2D eigenvalue weighted by molar-refractivity contribution is 5.74. The summed E-state index contributed by atoms with van der Waals surface area (Å²) in [6.07, 6.45) is 1.35. The van der Waals surface area contributed by atoms with E-state index in [9.17, 15) is 18.7 Å². The van der Waals surface area contributed by atoms with Crippen LogP contribution in [0.3, 0.4) is 0 Å². The van der Waals surface area contributed by atoms with Crippen molar-refractivity contribution in [1.29, 1.82) is 0 Å². The van der Waals surface area contributed by atoms with Crippen LogP contribution in [0.2, 0.25) is 0 Å². The van der Waals surface area contributed by atoms with E-state index in [1.165, 1.54) is 6.07 Å². The van der Waals surface area contributed by atoms with Crippen LogP contribution in [-0.2, 0) is 4.79 Å². The van der Waals surface area contributed by atoms with Crippen LogP contribution in [0.4, 0.5) is 8.78 Å². The third-order valence-corrected chi connectivity index (χ3v) is 4.22. The quantitative estimate of drug-likeness (QED) is 0.926. The van der Waals surface area contributed by atoms with E-state index in [1.54, 1.807) is 19.9 Å². The number of likely N-dealkylation sites (tertiary alicyclic amines) is 1. The van der Waals surface area contributed by atoms with E-state index in [0.717, 1.165) is 12.5 Å². The molecule has 0 spiro atoms. The van der Waals surface area contributed by atoms with Gasteiger partial charge in [-0.15, -0.1) is 0 Å². The summed E-state index contributed by atoms with van der Waals surface area (Å²) in [4.78, 5) is 13.3. The Morgan fingerprint density at radius 1 is 1.45 bits per heavy atom. The summed E-state index contributed by atoms with van der Waals surface area (Å²) in [5, 5.41) is 9.31. The first-order valence-corrected chi connectivity index (χ1v) is 6.76. The van der Waals surface area contributed by atoms with Crippen LogP contribution in [-0.4, -0.2) is 29.1 Å². The molecule has 1 aromatic carbocycles. The molecule has 0 saturated carbocycles. The number of halogens is 2. The first-order chi connectivity index (χ1) is 9.35.